The zero-order chi connectivity index (χ0) is 14.1. The summed E-state index contributed by atoms with van der Waals surface area (Å²) in [6.45, 7) is 4.29. The van der Waals surface area contributed by atoms with Gasteiger partial charge in [0.05, 0.1) is 0 Å². The van der Waals surface area contributed by atoms with E-state index in [2.05, 4.69) is 51.0 Å². The average Bonchev–Trinajstić information content (AvgIpc) is 2.87. The van der Waals surface area contributed by atoms with Crippen LogP contribution in [0.5, 0.6) is 0 Å². The zero-order valence-corrected chi connectivity index (χ0v) is 16.2. The molecule has 0 aliphatic carbocycles. The Morgan fingerprint density at radius 1 is 1.20 bits per heavy atom. The third-order valence-corrected chi connectivity index (χ3v) is 8.12. The van der Waals surface area contributed by atoms with Gasteiger partial charge in [-0.05, 0) is 0 Å². The van der Waals surface area contributed by atoms with E-state index in [1.165, 1.54) is 3.02 Å². The summed E-state index contributed by atoms with van der Waals surface area (Å²) in [7, 11) is 0. The third kappa shape index (κ3) is 3.17. The summed E-state index contributed by atoms with van der Waals surface area (Å²) in [4.78, 5) is 9.05. The van der Waals surface area contributed by atoms with Crippen molar-refractivity contribution < 1.29 is 0 Å². The molecule has 2 radical (unpaired) electrons. The van der Waals surface area contributed by atoms with E-state index in [4.69, 9.17) is 4.98 Å². The van der Waals surface area contributed by atoms with Crippen molar-refractivity contribution in [2.45, 2.75) is 19.8 Å². The molecule has 0 aliphatic heterocycles. The number of hydrogen-bond acceptors (Lipinski definition) is 5. The number of aromatic nitrogens is 4. The fourth-order valence-electron chi connectivity index (χ4n) is 1.68. The van der Waals surface area contributed by atoms with Crippen LogP contribution in [0.15, 0.2) is 28.9 Å². The summed E-state index contributed by atoms with van der Waals surface area (Å²) >= 11 is 4.20. The summed E-state index contributed by atoms with van der Waals surface area (Å²) in [5.74, 6) is 0.449. The van der Waals surface area contributed by atoms with E-state index in [0.29, 0.717) is 5.92 Å². The monoisotopic (exact) mass is 454 g/mol. The molecule has 7 heteroatoms. The molecule has 0 saturated heterocycles. The molecule has 0 aromatic carbocycles. The molecule has 100 valence electrons. The maximum absolute atomic E-state index is 4.71. The van der Waals surface area contributed by atoms with Crippen molar-refractivity contribution in [1.29, 1.82) is 0 Å². The molecular formula is C13H11BrN4SSn. The van der Waals surface area contributed by atoms with E-state index in [1.54, 1.807) is 17.5 Å². The van der Waals surface area contributed by atoms with E-state index in [-0.39, 0.29) is 0 Å². The van der Waals surface area contributed by atoms with Crippen LogP contribution in [0.2, 0.25) is 0 Å². The normalized spacial score (nSPS) is 11.4. The van der Waals surface area contributed by atoms with Gasteiger partial charge in [-0.15, -0.1) is 0 Å². The van der Waals surface area contributed by atoms with Gasteiger partial charge in [-0.1, -0.05) is 0 Å². The number of fused-ring (bicyclic) bond motifs is 1. The Kier molecular flexibility index (Phi) is 4.32. The second kappa shape index (κ2) is 6.03. The van der Waals surface area contributed by atoms with Crippen molar-refractivity contribution >= 4 is 66.2 Å². The molecule has 3 aromatic rings. The first-order valence-corrected chi connectivity index (χ1v) is 10.6. The molecular weight excluding hydrogens is 443 g/mol. The van der Waals surface area contributed by atoms with Gasteiger partial charge in [0.25, 0.3) is 0 Å². The Bertz CT molecular complexity index is 759. The van der Waals surface area contributed by atoms with Gasteiger partial charge in [0.2, 0.25) is 0 Å². The first-order chi connectivity index (χ1) is 9.61. The van der Waals surface area contributed by atoms with Crippen LogP contribution < -0.4 is 6.73 Å². The fraction of sp³-hybridized carbons (Fsp3) is 0.231. The summed E-state index contributed by atoms with van der Waals surface area (Å²) in [6.07, 6.45) is 1.79. The van der Waals surface area contributed by atoms with Gasteiger partial charge in [-0.25, -0.2) is 0 Å². The molecule has 3 heterocycles. The van der Waals surface area contributed by atoms with E-state index < -0.39 is 21.1 Å². The zero-order valence-electron chi connectivity index (χ0n) is 11.0. The van der Waals surface area contributed by atoms with E-state index >= 15 is 0 Å². The standard InChI is InChI=1S/C8H4BrN2.C5H7N2S.Sn/c9-6-4-8-7(11-5-6)2-1-3-10-8;1-4(2)5-7-6-3-8-5;/h1-2,4-5H;4H,1-2H3;. The fourth-order valence-corrected chi connectivity index (χ4v) is 6.57. The van der Waals surface area contributed by atoms with Crippen molar-refractivity contribution in [3.8, 4) is 0 Å². The van der Waals surface area contributed by atoms with E-state index in [9.17, 15) is 0 Å². The van der Waals surface area contributed by atoms with Crippen LogP contribution in [0.25, 0.3) is 11.0 Å². The van der Waals surface area contributed by atoms with Crippen LogP contribution >= 0.6 is 27.3 Å². The van der Waals surface area contributed by atoms with E-state index in [1.807, 2.05) is 12.1 Å². The molecule has 0 saturated carbocycles. The van der Waals surface area contributed by atoms with Crippen molar-refractivity contribution in [2.75, 3.05) is 0 Å². The second-order valence-electron chi connectivity index (χ2n) is 4.61. The summed E-state index contributed by atoms with van der Waals surface area (Å²) in [5.41, 5.74) is 1.86. The van der Waals surface area contributed by atoms with Crippen LogP contribution in [0.3, 0.4) is 0 Å². The molecule has 0 spiro atoms. The van der Waals surface area contributed by atoms with Gasteiger partial charge in [0, 0.05) is 0 Å². The third-order valence-electron chi connectivity index (χ3n) is 2.67. The predicted molar refractivity (Wildman–Crippen MR) is 86.3 cm³/mol. The van der Waals surface area contributed by atoms with Crippen LogP contribution in [-0.4, -0.2) is 41.3 Å². The van der Waals surface area contributed by atoms with Crippen LogP contribution in [0.4, 0.5) is 0 Å². The summed E-state index contributed by atoms with van der Waals surface area (Å²) in [5, 5.41) is 9.68. The van der Waals surface area contributed by atoms with Gasteiger partial charge in [0.15, 0.2) is 0 Å². The van der Waals surface area contributed by atoms with Crippen molar-refractivity contribution in [3.63, 3.8) is 0 Å². The Labute approximate surface area is 139 Å². The number of nitrogens with zero attached hydrogens (tertiary/aromatic N) is 4. The maximum atomic E-state index is 4.71. The molecule has 0 bridgehead atoms. The summed E-state index contributed by atoms with van der Waals surface area (Å²) < 4.78 is 3.29. The van der Waals surface area contributed by atoms with Crippen molar-refractivity contribution in [1.82, 2.24) is 20.2 Å². The van der Waals surface area contributed by atoms with Gasteiger partial charge >= 0.3 is 140 Å². The number of hydrogen-bond donors (Lipinski definition) is 0. The first kappa shape index (κ1) is 14.3. The average molecular weight is 454 g/mol. The molecule has 20 heavy (non-hydrogen) atoms. The van der Waals surface area contributed by atoms with Crippen molar-refractivity contribution in [2.24, 2.45) is 0 Å². The molecule has 3 aromatic heterocycles. The molecule has 0 unspecified atom stereocenters. The molecule has 0 atom stereocenters. The predicted octanol–water partition coefficient (Wildman–Crippen LogP) is 2.02. The van der Waals surface area contributed by atoms with Crippen LogP contribution in [-0.2, 0) is 0 Å². The minimum atomic E-state index is -0.962. The van der Waals surface area contributed by atoms with Gasteiger partial charge in [-0.2, -0.15) is 0 Å². The second-order valence-corrected chi connectivity index (χ2v) is 11.1. The van der Waals surface area contributed by atoms with Crippen LogP contribution in [0, 0.1) is 0 Å². The van der Waals surface area contributed by atoms with Gasteiger partial charge < -0.3 is 0 Å². The molecule has 4 nitrogen and oxygen atoms in total. The topological polar surface area (TPSA) is 51.6 Å². The molecule has 0 amide bonds. The van der Waals surface area contributed by atoms with E-state index in [0.717, 1.165) is 24.2 Å². The molecule has 0 fully saturated rings. The van der Waals surface area contributed by atoms with Gasteiger partial charge in [0.1, 0.15) is 0 Å². The quantitative estimate of drug-likeness (QED) is 0.569. The van der Waals surface area contributed by atoms with Crippen LogP contribution in [0.1, 0.15) is 24.8 Å². The summed E-state index contributed by atoms with van der Waals surface area (Å²) in [6, 6.07) is 6.12. The SMILES string of the molecule is CC(C)c1nn[c]([Sn][c]2ccc3ncc(Br)cc3n2)s1. The Morgan fingerprint density at radius 3 is 2.80 bits per heavy atom. The number of pyridine rings is 2. The first-order valence-electron chi connectivity index (χ1n) is 6.14. The number of halogens is 1. The Balaban J connectivity index is 1.89. The molecule has 0 aliphatic rings. The molecule has 0 N–H and O–H groups in total. The number of rotatable bonds is 3. The minimum absolute atomic E-state index is 0.449. The van der Waals surface area contributed by atoms with Gasteiger partial charge in [-0.3, -0.25) is 0 Å². The Hall–Kier alpha value is -0.601. The Morgan fingerprint density at radius 2 is 2.05 bits per heavy atom. The molecule has 3 rings (SSSR count). The van der Waals surface area contributed by atoms with Crippen molar-refractivity contribution in [3.05, 3.63) is 33.9 Å².